The van der Waals surface area contributed by atoms with Crippen molar-refractivity contribution in [2.45, 2.75) is 13.8 Å². The second-order valence-electron chi connectivity index (χ2n) is 4.79. The van der Waals surface area contributed by atoms with E-state index in [1.54, 1.807) is 42.5 Å². The topological polar surface area (TPSA) is 56.8 Å². The Morgan fingerprint density at radius 1 is 1.00 bits per heavy atom. The molecule has 5 nitrogen and oxygen atoms in total. The molecule has 2 rings (SSSR count). The van der Waals surface area contributed by atoms with Crippen LogP contribution in [0.4, 0.5) is 5.69 Å². The Hall–Kier alpha value is -2.40. The van der Waals surface area contributed by atoms with Crippen LogP contribution < -0.4 is 19.5 Å². The molecule has 24 heavy (non-hydrogen) atoms. The maximum atomic E-state index is 12.1. The third-order valence-electron chi connectivity index (χ3n) is 3.03. The smallest absolute Gasteiger partial charge is 0.262 e. The summed E-state index contributed by atoms with van der Waals surface area (Å²) in [6.07, 6.45) is 0. The molecular weight excluding hydrogens is 330 g/mol. The van der Waals surface area contributed by atoms with Crippen LogP contribution in [-0.4, -0.2) is 25.7 Å². The highest BCUT2D eigenvalue weighted by Gasteiger charge is 2.11. The van der Waals surface area contributed by atoms with Gasteiger partial charge in [-0.2, -0.15) is 0 Å². The van der Waals surface area contributed by atoms with Crippen LogP contribution in [0.1, 0.15) is 13.8 Å². The summed E-state index contributed by atoms with van der Waals surface area (Å²) in [5.74, 6) is 1.38. The first-order valence-corrected chi connectivity index (χ1v) is 8.08. The molecular formula is C18H20ClNO4. The largest absolute Gasteiger partial charge is 0.494 e. The Balaban J connectivity index is 2.04. The minimum atomic E-state index is -0.315. The van der Waals surface area contributed by atoms with Crippen molar-refractivity contribution in [2.75, 3.05) is 25.1 Å². The lowest BCUT2D eigenvalue weighted by Crippen LogP contribution is -2.20. The standard InChI is InChI=1S/C18H20ClNO4/c1-3-22-13-9-10-17(23-4-2)15(11-13)20-18(21)12-24-16-8-6-5-7-14(16)19/h5-11H,3-4,12H2,1-2H3,(H,20,21). The van der Waals surface area contributed by atoms with E-state index in [2.05, 4.69) is 5.32 Å². The van der Waals surface area contributed by atoms with E-state index in [9.17, 15) is 4.79 Å². The molecule has 0 aliphatic rings. The van der Waals surface area contributed by atoms with Crippen molar-refractivity contribution < 1.29 is 19.0 Å². The minimum Gasteiger partial charge on any atom is -0.494 e. The molecule has 0 radical (unpaired) electrons. The van der Waals surface area contributed by atoms with Gasteiger partial charge >= 0.3 is 0 Å². The van der Waals surface area contributed by atoms with Gasteiger partial charge in [0, 0.05) is 6.07 Å². The van der Waals surface area contributed by atoms with Crippen LogP contribution in [-0.2, 0) is 4.79 Å². The summed E-state index contributed by atoms with van der Waals surface area (Å²) in [6.45, 7) is 4.65. The van der Waals surface area contributed by atoms with Crippen LogP contribution in [0.25, 0.3) is 0 Å². The zero-order valence-corrected chi connectivity index (χ0v) is 14.4. The highest BCUT2D eigenvalue weighted by atomic mass is 35.5. The normalized spacial score (nSPS) is 10.1. The molecule has 0 aliphatic carbocycles. The average Bonchev–Trinajstić information content (AvgIpc) is 2.57. The molecule has 0 atom stereocenters. The van der Waals surface area contributed by atoms with Gasteiger partial charge in [-0.15, -0.1) is 0 Å². The Kier molecular flexibility index (Phi) is 6.75. The molecule has 0 saturated carbocycles. The summed E-state index contributed by atoms with van der Waals surface area (Å²) >= 11 is 6.00. The molecule has 0 aromatic heterocycles. The lowest BCUT2D eigenvalue weighted by atomic mass is 10.2. The third-order valence-corrected chi connectivity index (χ3v) is 3.34. The quantitative estimate of drug-likeness (QED) is 0.777. The Labute approximate surface area is 146 Å². The van der Waals surface area contributed by atoms with Crippen LogP contribution in [0, 0.1) is 0 Å². The summed E-state index contributed by atoms with van der Waals surface area (Å²) in [6, 6.07) is 12.3. The van der Waals surface area contributed by atoms with Crippen molar-refractivity contribution in [1.29, 1.82) is 0 Å². The lowest BCUT2D eigenvalue weighted by Gasteiger charge is -2.14. The summed E-state index contributed by atoms with van der Waals surface area (Å²) < 4.78 is 16.4. The van der Waals surface area contributed by atoms with Gasteiger partial charge < -0.3 is 19.5 Å². The number of ether oxygens (including phenoxy) is 3. The number of rotatable bonds is 8. The zero-order valence-electron chi connectivity index (χ0n) is 13.7. The monoisotopic (exact) mass is 349 g/mol. The van der Waals surface area contributed by atoms with E-state index in [1.807, 2.05) is 13.8 Å². The molecule has 0 fully saturated rings. The van der Waals surface area contributed by atoms with Crippen LogP contribution in [0.5, 0.6) is 17.2 Å². The van der Waals surface area contributed by atoms with Gasteiger partial charge in [0.15, 0.2) is 6.61 Å². The zero-order chi connectivity index (χ0) is 17.4. The molecule has 1 N–H and O–H groups in total. The number of hydrogen-bond acceptors (Lipinski definition) is 4. The number of halogens is 1. The van der Waals surface area contributed by atoms with Gasteiger partial charge in [0.25, 0.3) is 5.91 Å². The molecule has 0 heterocycles. The number of benzene rings is 2. The first-order valence-electron chi connectivity index (χ1n) is 7.70. The van der Waals surface area contributed by atoms with E-state index in [-0.39, 0.29) is 12.5 Å². The maximum Gasteiger partial charge on any atom is 0.262 e. The van der Waals surface area contributed by atoms with Gasteiger partial charge in [-0.3, -0.25) is 4.79 Å². The molecule has 128 valence electrons. The predicted octanol–water partition coefficient (Wildman–Crippen LogP) is 4.15. The Morgan fingerprint density at radius 2 is 1.75 bits per heavy atom. The number of carbonyl (C=O) groups excluding carboxylic acids is 1. The molecule has 2 aromatic carbocycles. The van der Waals surface area contributed by atoms with Crippen molar-refractivity contribution in [3.63, 3.8) is 0 Å². The van der Waals surface area contributed by atoms with Crippen molar-refractivity contribution in [2.24, 2.45) is 0 Å². The fourth-order valence-electron chi connectivity index (χ4n) is 2.04. The molecule has 1 amide bonds. The van der Waals surface area contributed by atoms with E-state index in [0.29, 0.717) is 41.2 Å². The average molecular weight is 350 g/mol. The molecule has 0 bridgehead atoms. The molecule has 6 heteroatoms. The second-order valence-corrected chi connectivity index (χ2v) is 5.20. The molecule has 0 unspecified atom stereocenters. The van der Waals surface area contributed by atoms with Crippen molar-refractivity contribution in [3.8, 4) is 17.2 Å². The van der Waals surface area contributed by atoms with Gasteiger partial charge in [0.2, 0.25) is 0 Å². The molecule has 0 saturated heterocycles. The van der Waals surface area contributed by atoms with Crippen LogP contribution >= 0.6 is 11.6 Å². The summed E-state index contributed by atoms with van der Waals surface area (Å²) in [5, 5.41) is 3.23. The van der Waals surface area contributed by atoms with Crippen LogP contribution in [0.2, 0.25) is 5.02 Å². The van der Waals surface area contributed by atoms with E-state index in [0.717, 1.165) is 0 Å². The fraction of sp³-hybridized carbons (Fsp3) is 0.278. The lowest BCUT2D eigenvalue weighted by molar-refractivity contribution is -0.118. The van der Waals surface area contributed by atoms with Crippen LogP contribution in [0.3, 0.4) is 0 Å². The molecule has 0 spiro atoms. The van der Waals surface area contributed by atoms with Crippen molar-refractivity contribution in [3.05, 3.63) is 47.5 Å². The van der Waals surface area contributed by atoms with Crippen molar-refractivity contribution in [1.82, 2.24) is 0 Å². The first-order chi connectivity index (χ1) is 11.6. The van der Waals surface area contributed by atoms with E-state index in [4.69, 9.17) is 25.8 Å². The number of nitrogens with one attached hydrogen (secondary N) is 1. The summed E-state index contributed by atoms with van der Waals surface area (Å²) in [5.41, 5.74) is 0.538. The Bertz CT molecular complexity index is 690. The van der Waals surface area contributed by atoms with Gasteiger partial charge in [0.05, 0.1) is 23.9 Å². The van der Waals surface area contributed by atoms with Gasteiger partial charge in [-0.1, -0.05) is 23.7 Å². The minimum absolute atomic E-state index is 0.159. The van der Waals surface area contributed by atoms with Gasteiger partial charge in [-0.25, -0.2) is 0 Å². The number of para-hydroxylation sites is 1. The van der Waals surface area contributed by atoms with Crippen molar-refractivity contribution >= 4 is 23.2 Å². The number of carbonyl (C=O) groups is 1. The molecule has 2 aromatic rings. The van der Waals surface area contributed by atoms with Gasteiger partial charge in [-0.05, 0) is 38.1 Å². The summed E-state index contributed by atoms with van der Waals surface area (Å²) in [7, 11) is 0. The fourth-order valence-corrected chi connectivity index (χ4v) is 2.23. The highest BCUT2D eigenvalue weighted by Crippen LogP contribution is 2.29. The van der Waals surface area contributed by atoms with E-state index in [1.165, 1.54) is 0 Å². The first kappa shape index (κ1) is 17.9. The summed E-state index contributed by atoms with van der Waals surface area (Å²) in [4.78, 5) is 12.1. The molecule has 0 aliphatic heterocycles. The van der Waals surface area contributed by atoms with Crippen LogP contribution in [0.15, 0.2) is 42.5 Å². The third kappa shape index (κ3) is 5.06. The second kappa shape index (κ2) is 9.03. The SMILES string of the molecule is CCOc1ccc(OCC)c(NC(=O)COc2ccccc2Cl)c1. The predicted molar refractivity (Wildman–Crippen MR) is 94.4 cm³/mol. The van der Waals surface area contributed by atoms with E-state index < -0.39 is 0 Å². The number of amides is 1. The number of hydrogen-bond donors (Lipinski definition) is 1. The van der Waals surface area contributed by atoms with E-state index >= 15 is 0 Å². The van der Waals surface area contributed by atoms with Gasteiger partial charge in [0.1, 0.15) is 17.2 Å². The number of anilines is 1. The highest BCUT2D eigenvalue weighted by molar-refractivity contribution is 6.32. The maximum absolute atomic E-state index is 12.1. The Morgan fingerprint density at radius 3 is 2.46 bits per heavy atom.